The fraction of sp³-hybridized carbons (Fsp3) is 0.385. The summed E-state index contributed by atoms with van der Waals surface area (Å²) in [7, 11) is 1.47. The number of nitrogens with one attached hydrogen (secondary N) is 2. The maximum atomic E-state index is 14.1. The highest BCUT2D eigenvalue weighted by atomic mass is 79.9. The Morgan fingerprint density at radius 3 is 2.33 bits per heavy atom. The fourth-order valence-electron chi connectivity index (χ4n) is 5.93. The highest BCUT2D eigenvalue weighted by Gasteiger charge is 2.54. The minimum absolute atomic E-state index is 0.0583. The highest BCUT2D eigenvalue weighted by Crippen LogP contribution is 2.37. The molecule has 2 aliphatic heterocycles. The molecule has 0 radical (unpaired) electrons. The molecule has 14 nitrogen and oxygen atoms in total. The highest BCUT2D eigenvalue weighted by molar-refractivity contribution is 9.11. The van der Waals surface area contributed by atoms with Gasteiger partial charge < -0.3 is 39.2 Å². The standard InChI is InChI=1S/C39H42BrN3O11/c1-21-11-10-14-27-28(21)15-26(50-6)16-29(27)37(48)54-34(39(5)20-52-39)36(47)42-32(35(46)41-17-22(2)44)31(40)33(53-24(4)45)23(3)30-18-43(30)38(49)51-19-25-12-8-7-9-13-25/h7-16,23,30,33-34H,17-20H2,1-6H3,(H,41,46)(H,42,47)/b32-31+/t23-,30+,33+,34-,39+,43?/m1/s1. The van der Waals surface area contributed by atoms with E-state index >= 15 is 0 Å². The maximum Gasteiger partial charge on any atom is 0.410 e. The first-order valence-electron chi connectivity index (χ1n) is 17.2. The van der Waals surface area contributed by atoms with E-state index in [0.717, 1.165) is 16.5 Å². The van der Waals surface area contributed by atoms with E-state index in [0.29, 0.717) is 11.1 Å². The quantitative estimate of drug-likeness (QED) is 0.0957. The van der Waals surface area contributed by atoms with Crippen molar-refractivity contribution in [1.82, 2.24) is 15.5 Å². The summed E-state index contributed by atoms with van der Waals surface area (Å²) in [6.45, 7) is 7.64. The third kappa shape index (κ3) is 9.44. The normalized spacial score (nSPS) is 19.3. The molecule has 2 saturated heterocycles. The minimum Gasteiger partial charge on any atom is -0.497 e. The van der Waals surface area contributed by atoms with Crippen LogP contribution in [-0.4, -0.2) is 91.2 Å². The zero-order chi connectivity index (χ0) is 39.3. The lowest BCUT2D eigenvalue weighted by Gasteiger charge is -2.27. The van der Waals surface area contributed by atoms with Gasteiger partial charge in [0.05, 0.1) is 36.3 Å². The van der Waals surface area contributed by atoms with E-state index in [-0.39, 0.29) is 42.1 Å². The number of ketones is 1. The van der Waals surface area contributed by atoms with Crippen LogP contribution in [0.25, 0.3) is 10.8 Å². The topological polar surface area (TPSA) is 179 Å². The van der Waals surface area contributed by atoms with Crippen molar-refractivity contribution in [2.24, 2.45) is 5.92 Å². The number of epoxide rings is 1. The number of carbonyl (C=O) groups excluding carboxylic acids is 6. The molecule has 2 N–H and O–H groups in total. The van der Waals surface area contributed by atoms with Gasteiger partial charge in [-0.05, 0) is 70.7 Å². The number of aryl methyl sites for hydroxylation is 1. The van der Waals surface area contributed by atoms with E-state index in [1.807, 2.05) is 43.3 Å². The number of amides is 3. The Morgan fingerprint density at radius 2 is 1.70 bits per heavy atom. The van der Waals surface area contributed by atoms with Gasteiger partial charge in [-0.2, -0.15) is 0 Å². The largest absolute Gasteiger partial charge is 0.497 e. The van der Waals surface area contributed by atoms with Crippen molar-refractivity contribution in [3.8, 4) is 5.75 Å². The predicted molar refractivity (Wildman–Crippen MR) is 198 cm³/mol. The molecule has 5 rings (SSSR count). The molecule has 2 heterocycles. The lowest BCUT2D eigenvalue weighted by atomic mass is 9.98. The van der Waals surface area contributed by atoms with Crippen LogP contribution in [0.2, 0.25) is 0 Å². The summed E-state index contributed by atoms with van der Waals surface area (Å²) >= 11 is 3.40. The number of methoxy groups -OCH3 is 1. The minimum atomic E-state index is -1.56. The maximum absolute atomic E-state index is 14.1. The Kier molecular flexibility index (Phi) is 12.4. The van der Waals surface area contributed by atoms with E-state index in [4.69, 9.17) is 23.7 Å². The predicted octanol–water partition coefficient (Wildman–Crippen LogP) is 4.49. The molecule has 5 atom stereocenters. The summed E-state index contributed by atoms with van der Waals surface area (Å²) in [4.78, 5) is 80.1. The van der Waals surface area contributed by atoms with Crippen LogP contribution in [-0.2, 0) is 44.7 Å². The van der Waals surface area contributed by atoms with Crippen molar-refractivity contribution in [3.05, 3.63) is 87.5 Å². The summed E-state index contributed by atoms with van der Waals surface area (Å²) in [6, 6.07) is 17.4. The molecular weight excluding hydrogens is 766 g/mol. The second kappa shape index (κ2) is 16.8. The van der Waals surface area contributed by atoms with Gasteiger partial charge in [0.2, 0.25) is 6.10 Å². The van der Waals surface area contributed by atoms with E-state index in [1.165, 1.54) is 31.9 Å². The molecule has 2 fully saturated rings. The molecule has 0 unspecified atom stereocenters. The molecule has 0 aromatic heterocycles. The molecular formula is C39H42BrN3O11. The molecule has 2 aliphatic rings. The molecule has 0 bridgehead atoms. The number of carbonyl (C=O) groups is 6. The number of fused-ring (bicyclic) bond motifs is 1. The average molecular weight is 809 g/mol. The van der Waals surface area contributed by atoms with Gasteiger partial charge in [0.1, 0.15) is 35.5 Å². The van der Waals surface area contributed by atoms with Crippen LogP contribution in [0.1, 0.15) is 49.2 Å². The first-order valence-corrected chi connectivity index (χ1v) is 18.0. The zero-order valence-corrected chi connectivity index (χ0v) is 32.3. The van der Waals surface area contributed by atoms with Crippen molar-refractivity contribution in [2.75, 3.05) is 26.8 Å². The van der Waals surface area contributed by atoms with Gasteiger partial charge in [0, 0.05) is 19.4 Å². The fourth-order valence-corrected chi connectivity index (χ4v) is 6.71. The number of esters is 2. The van der Waals surface area contributed by atoms with Crippen LogP contribution >= 0.6 is 15.9 Å². The monoisotopic (exact) mass is 807 g/mol. The van der Waals surface area contributed by atoms with Gasteiger partial charge in [-0.15, -0.1) is 0 Å². The van der Waals surface area contributed by atoms with Crippen LogP contribution in [0.4, 0.5) is 4.79 Å². The van der Waals surface area contributed by atoms with E-state index in [1.54, 1.807) is 32.0 Å². The molecule has 3 aromatic rings. The van der Waals surface area contributed by atoms with Gasteiger partial charge in [0.15, 0.2) is 0 Å². The smallest absolute Gasteiger partial charge is 0.410 e. The molecule has 3 aromatic carbocycles. The average Bonchev–Trinajstić information content (AvgIpc) is 4.09. The molecule has 0 aliphatic carbocycles. The zero-order valence-electron chi connectivity index (χ0n) is 30.7. The number of nitrogens with zero attached hydrogens (tertiary/aromatic N) is 1. The molecule has 286 valence electrons. The number of hydrogen-bond donors (Lipinski definition) is 2. The number of hydrogen-bond acceptors (Lipinski definition) is 11. The van der Waals surface area contributed by atoms with E-state index < -0.39 is 65.3 Å². The van der Waals surface area contributed by atoms with Crippen LogP contribution in [0.5, 0.6) is 5.75 Å². The summed E-state index contributed by atoms with van der Waals surface area (Å²) in [5.41, 5.74) is 0.185. The summed E-state index contributed by atoms with van der Waals surface area (Å²) in [5.74, 6) is -3.96. The van der Waals surface area contributed by atoms with Gasteiger partial charge in [-0.25, -0.2) is 9.59 Å². The lowest BCUT2D eigenvalue weighted by Crippen LogP contribution is -2.49. The number of Topliss-reactive ketones (excluding diaryl/α,β-unsaturated/α-hetero) is 1. The number of benzene rings is 3. The Morgan fingerprint density at radius 1 is 1.00 bits per heavy atom. The van der Waals surface area contributed by atoms with Gasteiger partial charge in [0.25, 0.3) is 11.8 Å². The van der Waals surface area contributed by atoms with E-state index in [9.17, 15) is 28.8 Å². The first kappa shape index (κ1) is 39.9. The molecule has 54 heavy (non-hydrogen) atoms. The SMILES string of the molecule is COc1cc(C(=O)O[C@H](C(=O)N/C(C(=O)NCC(C)=O)=C(/Br)[C@@H](OC(C)=O)[C@H](C)[C@@H]2CN2C(=O)OCc2ccccc2)[C@]2(C)CO2)c2cccc(C)c2c1. The van der Waals surface area contributed by atoms with Crippen LogP contribution in [0.3, 0.4) is 0 Å². The number of halogens is 1. The van der Waals surface area contributed by atoms with Crippen molar-refractivity contribution in [1.29, 1.82) is 0 Å². The summed E-state index contributed by atoms with van der Waals surface area (Å²) < 4.78 is 27.9. The van der Waals surface area contributed by atoms with Crippen LogP contribution < -0.4 is 15.4 Å². The number of rotatable bonds is 15. The van der Waals surface area contributed by atoms with Gasteiger partial charge in [-0.3, -0.25) is 19.2 Å². The second-order valence-electron chi connectivity index (χ2n) is 13.5. The molecule has 15 heteroatoms. The third-order valence-corrected chi connectivity index (χ3v) is 10.0. The van der Waals surface area contributed by atoms with Crippen molar-refractivity contribution < 1.29 is 52.5 Å². The molecule has 3 amide bonds. The molecule has 0 spiro atoms. The first-order chi connectivity index (χ1) is 25.6. The van der Waals surface area contributed by atoms with Gasteiger partial charge in [-0.1, -0.05) is 55.5 Å². The van der Waals surface area contributed by atoms with E-state index in [2.05, 4.69) is 26.6 Å². The summed E-state index contributed by atoms with van der Waals surface area (Å²) in [6.07, 6.45) is -3.33. The van der Waals surface area contributed by atoms with Crippen LogP contribution in [0.15, 0.2) is 70.8 Å². The Labute approximate surface area is 320 Å². The van der Waals surface area contributed by atoms with Crippen LogP contribution in [0, 0.1) is 12.8 Å². The Balaban J connectivity index is 1.42. The van der Waals surface area contributed by atoms with Crippen molar-refractivity contribution >= 4 is 62.3 Å². The van der Waals surface area contributed by atoms with Gasteiger partial charge >= 0.3 is 18.0 Å². The Hall–Kier alpha value is -5.28. The van der Waals surface area contributed by atoms with Crippen molar-refractivity contribution in [2.45, 2.75) is 65.1 Å². The summed E-state index contributed by atoms with van der Waals surface area (Å²) in [5, 5.41) is 6.32. The van der Waals surface area contributed by atoms with Crippen molar-refractivity contribution in [3.63, 3.8) is 0 Å². The second-order valence-corrected chi connectivity index (χ2v) is 14.3. The lowest BCUT2D eigenvalue weighted by molar-refractivity contribution is -0.146. The third-order valence-electron chi connectivity index (χ3n) is 9.19. The number of ether oxygens (including phenoxy) is 5. The molecule has 0 saturated carbocycles. The Bertz CT molecular complexity index is 2000.